The molecule has 0 aromatic heterocycles. The van der Waals surface area contributed by atoms with E-state index in [1.165, 1.54) is 40.4 Å². The first-order chi connectivity index (χ1) is 14.7. The molecule has 0 aliphatic carbocycles. The van der Waals surface area contributed by atoms with Crippen LogP contribution in [0, 0.1) is 0 Å². The summed E-state index contributed by atoms with van der Waals surface area (Å²) in [5.41, 5.74) is 0.132. The van der Waals surface area contributed by atoms with Gasteiger partial charge in [0.05, 0.1) is 10.5 Å². The number of ether oxygens (including phenoxy) is 1. The van der Waals surface area contributed by atoms with E-state index < -0.39 is 28.5 Å². The number of carbonyl (C=O) groups is 3. The van der Waals surface area contributed by atoms with Crippen molar-refractivity contribution < 1.29 is 27.5 Å². The lowest BCUT2D eigenvalue weighted by Gasteiger charge is -2.33. The van der Waals surface area contributed by atoms with E-state index in [2.05, 4.69) is 13.2 Å². The van der Waals surface area contributed by atoms with Crippen molar-refractivity contribution in [3.63, 3.8) is 0 Å². The standard InChI is InChI=1S/C21H27N3O6S/c1-4-10-23(11-5-2)20(26)16-30-21(27)18-6-8-19(9-7-18)31(28,29)24-14-12-22(13-15-24)17(3)25/h4-9H,1-2,10-16H2,3H3. The van der Waals surface area contributed by atoms with E-state index >= 15 is 0 Å². The molecule has 0 N–H and O–H groups in total. The van der Waals surface area contributed by atoms with Gasteiger partial charge in [0.2, 0.25) is 15.9 Å². The van der Waals surface area contributed by atoms with Crippen molar-refractivity contribution in [2.75, 3.05) is 45.9 Å². The number of sulfonamides is 1. The van der Waals surface area contributed by atoms with Gasteiger partial charge >= 0.3 is 5.97 Å². The molecule has 31 heavy (non-hydrogen) atoms. The molecule has 1 aliphatic rings. The van der Waals surface area contributed by atoms with Gasteiger partial charge in [-0.25, -0.2) is 13.2 Å². The minimum absolute atomic E-state index is 0.0412. The predicted molar refractivity (Wildman–Crippen MR) is 115 cm³/mol. The largest absolute Gasteiger partial charge is 0.452 e. The van der Waals surface area contributed by atoms with E-state index in [1.54, 1.807) is 17.1 Å². The second kappa shape index (κ2) is 10.9. The maximum atomic E-state index is 12.8. The summed E-state index contributed by atoms with van der Waals surface area (Å²) >= 11 is 0. The van der Waals surface area contributed by atoms with Crippen LogP contribution in [0.4, 0.5) is 0 Å². The van der Waals surface area contributed by atoms with Crippen LogP contribution in [0.3, 0.4) is 0 Å². The van der Waals surface area contributed by atoms with Crippen LogP contribution in [0.1, 0.15) is 17.3 Å². The summed E-state index contributed by atoms with van der Waals surface area (Å²) in [4.78, 5) is 38.8. The fourth-order valence-corrected chi connectivity index (χ4v) is 4.47. The Morgan fingerprint density at radius 2 is 1.58 bits per heavy atom. The smallest absolute Gasteiger partial charge is 0.338 e. The molecule has 168 valence electrons. The predicted octanol–water partition coefficient (Wildman–Crippen LogP) is 0.897. The van der Waals surface area contributed by atoms with Gasteiger partial charge in [0, 0.05) is 46.2 Å². The monoisotopic (exact) mass is 449 g/mol. The first-order valence-electron chi connectivity index (χ1n) is 9.73. The molecule has 2 amide bonds. The molecule has 1 aliphatic heterocycles. The molecule has 0 unspecified atom stereocenters. The number of nitrogens with zero attached hydrogens (tertiary/aromatic N) is 3. The van der Waals surface area contributed by atoms with Crippen LogP contribution in [0.2, 0.25) is 0 Å². The fraction of sp³-hybridized carbons (Fsp3) is 0.381. The third kappa shape index (κ3) is 6.25. The molecule has 2 rings (SSSR count). The zero-order valence-electron chi connectivity index (χ0n) is 17.5. The number of carbonyl (C=O) groups excluding carboxylic acids is 3. The minimum atomic E-state index is -3.74. The summed E-state index contributed by atoms with van der Waals surface area (Å²) < 4.78 is 32.0. The number of amides is 2. The van der Waals surface area contributed by atoms with Crippen molar-refractivity contribution in [3.05, 3.63) is 55.1 Å². The van der Waals surface area contributed by atoms with Gasteiger partial charge in [-0.2, -0.15) is 4.31 Å². The molecule has 1 aromatic rings. The normalized spacial score (nSPS) is 14.5. The Labute approximate surface area is 182 Å². The number of esters is 1. The second-order valence-electron chi connectivity index (χ2n) is 6.89. The maximum absolute atomic E-state index is 12.8. The van der Waals surface area contributed by atoms with Crippen molar-refractivity contribution in [1.82, 2.24) is 14.1 Å². The number of hydrogen-bond donors (Lipinski definition) is 0. The molecule has 1 saturated heterocycles. The Morgan fingerprint density at radius 3 is 2.06 bits per heavy atom. The number of hydrogen-bond acceptors (Lipinski definition) is 6. The summed E-state index contributed by atoms with van der Waals surface area (Å²) in [5.74, 6) is -1.21. The van der Waals surface area contributed by atoms with E-state index in [9.17, 15) is 22.8 Å². The summed E-state index contributed by atoms with van der Waals surface area (Å²) in [6, 6.07) is 5.34. The van der Waals surface area contributed by atoms with Crippen LogP contribution in [-0.4, -0.2) is 86.2 Å². The molecule has 1 fully saturated rings. The highest BCUT2D eigenvalue weighted by Crippen LogP contribution is 2.19. The highest BCUT2D eigenvalue weighted by molar-refractivity contribution is 7.89. The Kier molecular flexibility index (Phi) is 8.52. The van der Waals surface area contributed by atoms with Crippen LogP contribution >= 0.6 is 0 Å². The SMILES string of the molecule is C=CCN(CC=C)C(=O)COC(=O)c1ccc(S(=O)(=O)N2CCN(C(C)=O)CC2)cc1. The van der Waals surface area contributed by atoms with Gasteiger partial charge in [0.1, 0.15) is 0 Å². The van der Waals surface area contributed by atoms with Crippen molar-refractivity contribution in [1.29, 1.82) is 0 Å². The van der Waals surface area contributed by atoms with Gasteiger partial charge in [0.15, 0.2) is 6.61 Å². The van der Waals surface area contributed by atoms with E-state index in [4.69, 9.17) is 4.74 Å². The zero-order chi connectivity index (χ0) is 23.0. The minimum Gasteiger partial charge on any atom is -0.452 e. The molecule has 0 radical (unpaired) electrons. The number of benzene rings is 1. The molecule has 0 atom stereocenters. The Morgan fingerprint density at radius 1 is 1.03 bits per heavy atom. The zero-order valence-corrected chi connectivity index (χ0v) is 18.3. The third-order valence-electron chi connectivity index (χ3n) is 4.79. The average molecular weight is 450 g/mol. The number of rotatable bonds is 9. The van der Waals surface area contributed by atoms with Gasteiger partial charge in [-0.3, -0.25) is 9.59 Å². The van der Waals surface area contributed by atoms with E-state index in [0.29, 0.717) is 26.2 Å². The van der Waals surface area contributed by atoms with Crippen molar-refractivity contribution in [2.45, 2.75) is 11.8 Å². The van der Waals surface area contributed by atoms with Gasteiger partial charge in [0.25, 0.3) is 5.91 Å². The summed E-state index contributed by atoms with van der Waals surface area (Å²) in [6.07, 6.45) is 3.12. The van der Waals surface area contributed by atoms with Crippen molar-refractivity contribution >= 4 is 27.8 Å². The Hall–Kier alpha value is -2.98. The van der Waals surface area contributed by atoms with Crippen LogP contribution in [0.25, 0.3) is 0 Å². The molecular formula is C21H27N3O6S. The van der Waals surface area contributed by atoms with Gasteiger partial charge in [-0.15, -0.1) is 13.2 Å². The van der Waals surface area contributed by atoms with Crippen LogP contribution in [0.15, 0.2) is 54.5 Å². The lowest BCUT2D eigenvalue weighted by molar-refractivity contribution is -0.133. The molecule has 10 heteroatoms. The molecule has 1 aromatic carbocycles. The molecular weight excluding hydrogens is 422 g/mol. The van der Waals surface area contributed by atoms with Crippen molar-refractivity contribution in [3.8, 4) is 0 Å². The van der Waals surface area contributed by atoms with E-state index in [-0.39, 0.29) is 29.5 Å². The molecule has 0 bridgehead atoms. The lowest BCUT2D eigenvalue weighted by Crippen LogP contribution is -2.49. The van der Waals surface area contributed by atoms with E-state index in [0.717, 1.165) is 0 Å². The summed E-state index contributed by atoms with van der Waals surface area (Å²) in [5, 5.41) is 0. The first-order valence-corrected chi connectivity index (χ1v) is 11.2. The van der Waals surface area contributed by atoms with Gasteiger partial charge in [-0.1, -0.05) is 12.2 Å². The topological polar surface area (TPSA) is 104 Å². The fourth-order valence-electron chi connectivity index (χ4n) is 3.05. The molecule has 9 nitrogen and oxygen atoms in total. The molecule has 0 saturated carbocycles. The first kappa shape index (κ1) is 24.3. The highest BCUT2D eigenvalue weighted by Gasteiger charge is 2.29. The maximum Gasteiger partial charge on any atom is 0.338 e. The van der Waals surface area contributed by atoms with Crippen molar-refractivity contribution in [2.24, 2.45) is 0 Å². The Balaban J connectivity index is 1.98. The second-order valence-corrected chi connectivity index (χ2v) is 8.82. The van der Waals surface area contributed by atoms with Crippen LogP contribution in [-0.2, 0) is 24.3 Å². The average Bonchev–Trinajstić information content (AvgIpc) is 2.77. The lowest BCUT2D eigenvalue weighted by atomic mass is 10.2. The van der Waals surface area contributed by atoms with Crippen LogP contribution in [0.5, 0.6) is 0 Å². The highest BCUT2D eigenvalue weighted by atomic mass is 32.2. The molecule has 0 spiro atoms. The molecule has 1 heterocycles. The van der Waals surface area contributed by atoms with Gasteiger partial charge in [-0.05, 0) is 24.3 Å². The summed E-state index contributed by atoms with van der Waals surface area (Å²) in [7, 11) is -3.74. The summed E-state index contributed by atoms with van der Waals surface area (Å²) in [6.45, 7) is 9.85. The Bertz CT molecular complexity index is 924. The van der Waals surface area contributed by atoms with Gasteiger partial charge < -0.3 is 14.5 Å². The van der Waals surface area contributed by atoms with E-state index in [1.807, 2.05) is 0 Å². The quantitative estimate of drug-likeness (QED) is 0.410. The number of piperazine rings is 1. The third-order valence-corrected chi connectivity index (χ3v) is 6.70. The van der Waals surface area contributed by atoms with Crippen LogP contribution < -0.4 is 0 Å².